The smallest absolute Gasteiger partial charge is 0.309 e. The summed E-state index contributed by atoms with van der Waals surface area (Å²) in [6.45, 7) is 8.12. The third-order valence-corrected chi connectivity index (χ3v) is 4.24. The molecule has 0 radical (unpaired) electrons. The number of anilines is 1. The van der Waals surface area contributed by atoms with Gasteiger partial charge in [0, 0.05) is 5.69 Å². The Bertz CT molecular complexity index is 563. The summed E-state index contributed by atoms with van der Waals surface area (Å²) in [5.41, 5.74) is 3.06. The summed E-state index contributed by atoms with van der Waals surface area (Å²) in [4.78, 5) is 26.0. The van der Waals surface area contributed by atoms with Gasteiger partial charge < -0.3 is 10.1 Å². The van der Waals surface area contributed by atoms with Crippen LogP contribution in [0.1, 0.15) is 30.9 Å². The van der Waals surface area contributed by atoms with Gasteiger partial charge in [0.1, 0.15) is 0 Å². The molecule has 0 bridgehead atoms. The number of rotatable bonds is 5. The van der Waals surface area contributed by atoms with Crippen LogP contribution in [0.15, 0.2) is 18.2 Å². The van der Waals surface area contributed by atoms with E-state index in [0.717, 1.165) is 42.7 Å². The molecule has 5 nitrogen and oxygen atoms in total. The van der Waals surface area contributed by atoms with Gasteiger partial charge in [0.25, 0.3) is 0 Å². The zero-order valence-electron chi connectivity index (χ0n) is 14.2. The summed E-state index contributed by atoms with van der Waals surface area (Å²) in [5, 5.41) is 2.98. The number of aryl methyl sites for hydroxylation is 2. The fraction of sp³-hybridized carbons (Fsp3) is 0.556. The molecule has 0 aromatic heterocycles. The molecule has 0 saturated carbocycles. The van der Waals surface area contributed by atoms with Crippen LogP contribution in [0.25, 0.3) is 0 Å². The molecule has 0 aliphatic carbocycles. The normalized spacial score (nSPS) is 16.1. The Hall–Kier alpha value is -1.88. The zero-order chi connectivity index (χ0) is 16.8. The van der Waals surface area contributed by atoms with E-state index < -0.39 is 0 Å². The van der Waals surface area contributed by atoms with Gasteiger partial charge in [-0.1, -0.05) is 12.1 Å². The highest BCUT2D eigenvalue weighted by Crippen LogP contribution is 2.19. The van der Waals surface area contributed by atoms with Crippen LogP contribution in [0.5, 0.6) is 0 Å². The van der Waals surface area contributed by atoms with Gasteiger partial charge in [-0.15, -0.1) is 0 Å². The lowest BCUT2D eigenvalue weighted by molar-refractivity contribution is -0.149. The average molecular weight is 318 g/mol. The van der Waals surface area contributed by atoms with Gasteiger partial charge in [-0.25, -0.2) is 0 Å². The van der Waals surface area contributed by atoms with E-state index in [4.69, 9.17) is 4.74 Å². The topological polar surface area (TPSA) is 58.6 Å². The zero-order valence-corrected chi connectivity index (χ0v) is 14.2. The highest BCUT2D eigenvalue weighted by Gasteiger charge is 2.26. The number of carbonyl (C=O) groups is 2. The number of piperidine rings is 1. The van der Waals surface area contributed by atoms with Crippen LogP contribution in [-0.2, 0) is 14.3 Å². The van der Waals surface area contributed by atoms with Crippen molar-refractivity contribution >= 4 is 17.6 Å². The van der Waals surface area contributed by atoms with Crippen LogP contribution in [0.2, 0.25) is 0 Å². The van der Waals surface area contributed by atoms with E-state index in [1.807, 2.05) is 39.0 Å². The number of likely N-dealkylation sites (tertiary alicyclic amines) is 1. The van der Waals surface area contributed by atoms with Gasteiger partial charge in [-0.2, -0.15) is 0 Å². The lowest BCUT2D eigenvalue weighted by Gasteiger charge is -2.30. The van der Waals surface area contributed by atoms with Crippen molar-refractivity contribution in [3.63, 3.8) is 0 Å². The predicted molar refractivity (Wildman–Crippen MR) is 90.3 cm³/mol. The Morgan fingerprint density at radius 1 is 1.26 bits per heavy atom. The second-order valence-corrected chi connectivity index (χ2v) is 6.17. The van der Waals surface area contributed by atoms with E-state index in [1.165, 1.54) is 0 Å². The summed E-state index contributed by atoms with van der Waals surface area (Å²) in [6.07, 6.45) is 1.52. The Labute approximate surface area is 138 Å². The molecule has 0 unspecified atom stereocenters. The van der Waals surface area contributed by atoms with E-state index >= 15 is 0 Å². The summed E-state index contributed by atoms with van der Waals surface area (Å²) in [7, 11) is 0. The van der Waals surface area contributed by atoms with E-state index in [9.17, 15) is 9.59 Å². The van der Waals surface area contributed by atoms with Crippen molar-refractivity contribution in [1.29, 1.82) is 0 Å². The van der Waals surface area contributed by atoms with Crippen molar-refractivity contribution in [3.05, 3.63) is 29.3 Å². The molecule has 23 heavy (non-hydrogen) atoms. The van der Waals surface area contributed by atoms with Crippen LogP contribution >= 0.6 is 0 Å². The first-order valence-corrected chi connectivity index (χ1v) is 8.25. The number of ether oxygens (including phenoxy) is 1. The lowest BCUT2D eigenvalue weighted by Crippen LogP contribution is -2.41. The van der Waals surface area contributed by atoms with E-state index in [2.05, 4.69) is 10.2 Å². The lowest BCUT2D eigenvalue weighted by atomic mass is 9.97. The second-order valence-electron chi connectivity index (χ2n) is 6.17. The van der Waals surface area contributed by atoms with E-state index in [1.54, 1.807) is 0 Å². The number of esters is 1. The molecule has 126 valence electrons. The monoisotopic (exact) mass is 318 g/mol. The number of carbonyl (C=O) groups excluding carboxylic acids is 2. The number of hydrogen-bond donors (Lipinski definition) is 1. The van der Waals surface area contributed by atoms with Crippen LogP contribution < -0.4 is 5.32 Å². The van der Waals surface area contributed by atoms with Crippen LogP contribution in [0.3, 0.4) is 0 Å². The van der Waals surface area contributed by atoms with E-state index in [0.29, 0.717) is 13.2 Å². The minimum absolute atomic E-state index is 0.00622. The molecule has 1 fully saturated rings. The molecular formula is C18H26N2O3. The SMILES string of the molecule is CCOC(=O)C1CCN(CC(=O)Nc2cc(C)ccc2C)CC1. The number of nitrogens with zero attached hydrogens (tertiary/aromatic N) is 1. The largest absolute Gasteiger partial charge is 0.466 e. The minimum atomic E-state index is -0.105. The Balaban J connectivity index is 1.81. The molecule has 1 aromatic carbocycles. The molecule has 1 aliphatic rings. The van der Waals surface area contributed by atoms with Crippen LogP contribution in [0.4, 0.5) is 5.69 Å². The summed E-state index contributed by atoms with van der Waals surface area (Å²) < 4.78 is 5.06. The molecule has 1 aliphatic heterocycles. The van der Waals surface area contributed by atoms with Crippen LogP contribution in [0, 0.1) is 19.8 Å². The van der Waals surface area contributed by atoms with Gasteiger partial charge in [-0.05, 0) is 63.9 Å². The third-order valence-electron chi connectivity index (χ3n) is 4.24. The maximum Gasteiger partial charge on any atom is 0.309 e. The van der Waals surface area contributed by atoms with Crippen molar-refractivity contribution < 1.29 is 14.3 Å². The maximum atomic E-state index is 12.2. The van der Waals surface area contributed by atoms with Gasteiger partial charge in [-0.3, -0.25) is 14.5 Å². The van der Waals surface area contributed by atoms with Crippen molar-refractivity contribution in [2.75, 3.05) is 31.6 Å². The highest BCUT2D eigenvalue weighted by atomic mass is 16.5. The predicted octanol–water partition coefficient (Wildman–Crippen LogP) is 2.52. The molecule has 5 heteroatoms. The van der Waals surface area contributed by atoms with Gasteiger partial charge >= 0.3 is 5.97 Å². The first-order chi connectivity index (χ1) is 11.0. The number of nitrogens with one attached hydrogen (secondary N) is 1. The van der Waals surface area contributed by atoms with Crippen molar-refractivity contribution in [2.24, 2.45) is 5.92 Å². The quantitative estimate of drug-likeness (QED) is 0.848. The van der Waals surface area contributed by atoms with Gasteiger partial charge in [0.2, 0.25) is 5.91 Å². The Morgan fingerprint density at radius 3 is 2.61 bits per heavy atom. The fourth-order valence-corrected chi connectivity index (χ4v) is 2.85. The fourth-order valence-electron chi connectivity index (χ4n) is 2.85. The average Bonchev–Trinajstić information content (AvgIpc) is 2.52. The first kappa shape index (κ1) is 17.5. The summed E-state index contributed by atoms with van der Waals surface area (Å²) >= 11 is 0. The molecule has 1 saturated heterocycles. The molecule has 1 N–H and O–H groups in total. The maximum absolute atomic E-state index is 12.2. The van der Waals surface area contributed by atoms with E-state index in [-0.39, 0.29) is 17.8 Å². The molecule has 1 heterocycles. The number of hydrogen-bond acceptors (Lipinski definition) is 4. The highest BCUT2D eigenvalue weighted by molar-refractivity contribution is 5.93. The summed E-state index contributed by atoms with van der Waals surface area (Å²) in [6, 6.07) is 6.03. The van der Waals surface area contributed by atoms with Crippen molar-refractivity contribution in [3.8, 4) is 0 Å². The molecule has 2 rings (SSSR count). The standard InChI is InChI=1S/C18H26N2O3/c1-4-23-18(22)15-7-9-20(10-8-15)12-17(21)19-16-11-13(2)5-6-14(16)3/h5-6,11,15H,4,7-10,12H2,1-3H3,(H,19,21). The molecular weight excluding hydrogens is 292 g/mol. The number of amides is 1. The van der Waals surface area contributed by atoms with Crippen molar-refractivity contribution in [1.82, 2.24) is 4.90 Å². The molecule has 0 spiro atoms. The number of benzene rings is 1. The third kappa shape index (κ3) is 5.06. The molecule has 1 aromatic rings. The van der Waals surface area contributed by atoms with Gasteiger partial charge in [0.05, 0.1) is 19.1 Å². The van der Waals surface area contributed by atoms with Gasteiger partial charge in [0.15, 0.2) is 0 Å². The molecule has 1 amide bonds. The molecule has 0 atom stereocenters. The Morgan fingerprint density at radius 2 is 1.96 bits per heavy atom. The second kappa shape index (κ2) is 8.11. The minimum Gasteiger partial charge on any atom is -0.466 e. The summed E-state index contributed by atoms with van der Waals surface area (Å²) in [5.74, 6) is -0.131. The van der Waals surface area contributed by atoms with Crippen LogP contribution in [-0.4, -0.2) is 43.0 Å². The first-order valence-electron chi connectivity index (χ1n) is 8.25. The Kier molecular flexibility index (Phi) is 6.16. The van der Waals surface area contributed by atoms with Crippen molar-refractivity contribution in [2.45, 2.75) is 33.6 Å².